The molecular formula is C9H14N2O3S. The number of aromatic nitrogens is 1. The summed E-state index contributed by atoms with van der Waals surface area (Å²) in [6, 6.07) is -0.266. The van der Waals surface area contributed by atoms with Crippen LogP contribution in [0.15, 0.2) is 22.1 Å². The molecule has 1 aromatic heterocycles. The zero-order valence-corrected chi connectivity index (χ0v) is 9.54. The molecule has 1 rings (SSSR count). The molecule has 5 nitrogen and oxygen atoms in total. The first kappa shape index (κ1) is 12.1. The Morgan fingerprint density at radius 2 is 2.60 bits per heavy atom. The van der Waals surface area contributed by atoms with Crippen LogP contribution in [-0.2, 0) is 9.53 Å². The molecule has 1 atom stereocenters. The Kier molecular flexibility index (Phi) is 5.20. The number of ether oxygens (including phenoxy) is 1. The second-order valence-electron chi connectivity index (χ2n) is 2.80. The average molecular weight is 230 g/mol. The highest BCUT2D eigenvalue weighted by molar-refractivity contribution is 7.99. The number of thioether (sulfide) groups is 1. The summed E-state index contributed by atoms with van der Waals surface area (Å²) in [5.41, 5.74) is 0. The van der Waals surface area contributed by atoms with Gasteiger partial charge < -0.3 is 14.5 Å². The van der Waals surface area contributed by atoms with Gasteiger partial charge in [0.05, 0.1) is 13.3 Å². The lowest BCUT2D eigenvalue weighted by molar-refractivity contribution is -0.143. The first-order valence-electron chi connectivity index (χ1n) is 4.55. The highest BCUT2D eigenvalue weighted by Gasteiger charge is 2.16. The number of likely N-dealkylation sites (N-methyl/N-ethyl adjacent to an activating group) is 1. The minimum Gasteiger partial charge on any atom is -0.468 e. The summed E-state index contributed by atoms with van der Waals surface area (Å²) in [7, 11) is 3.12. The maximum absolute atomic E-state index is 11.2. The molecule has 0 fully saturated rings. The fourth-order valence-corrected chi connectivity index (χ4v) is 1.86. The van der Waals surface area contributed by atoms with Gasteiger partial charge in [0.25, 0.3) is 5.22 Å². The van der Waals surface area contributed by atoms with E-state index in [0.717, 1.165) is 5.75 Å². The third-order valence-electron chi connectivity index (χ3n) is 1.88. The van der Waals surface area contributed by atoms with E-state index in [1.54, 1.807) is 13.2 Å². The van der Waals surface area contributed by atoms with E-state index in [2.05, 4.69) is 15.0 Å². The molecular weight excluding hydrogens is 216 g/mol. The molecule has 0 amide bonds. The lowest BCUT2D eigenvalue weighted by Crippen LogP contribution is -2.35. The average Bonchev–Trinajstić information content (AvgIpc) is 2.76. The molecule has 0 radical (unpaired) electrons. The normalized spacial score (nSPS) is 12.4. The molecule has 0 aromatic carbocycles. The van der Waals surface area contributed by atoms with Crippen molar-refractivity contribution in [3.63, 3.8) is 0 Å². The van der Waals surface area contributed by atoms with E-state index < -0.39 is 0 Å². The van der Waals surface area contributed by atoms with Gasteiger partial charge in [-0.05, 0) is 13.5 Å². The van der Waals surface area contributed by atoms with Crippen LogP contribution < -0.4 is 5.32 Å². The van der Waals surface area contributed by atoms with Gasteiger partial charge in [0.1, 0.15) is 12.3 Å². The summed E-state index contributed by atoms with van der Waals surface area (Å²) in [6.45, 7) is 0. The van der Waals surface area contributed by atoms with Crippen LogP contribution in [0, 0.1) is 0 Å². The van der Waals surface area contributed by atoms with Gasteiger partial charge in [0.15, 0.2) is 0 Å². The van der Waals surface area contributed by atoms with Crippen LogP contribution in [0.3, 0.4) is 0 Å². The maximum Gasteiger partial charge on any atom is 0.322 e. The lowest BCUT2D eigenvalue weighted by atomic mass is 10.2. The molecule has 1 N–H and O–H groups in total. The van der Waals surface area contributed by atoms with Gasteiger partial charge >= 0.3 is 5.97 Å². The quantitative estimate of drug-likeness (QED) is 0.579. The molecule has 1 aromatic rings. The van der Waals surface area contributed by atoms with Gasteiger partial charge in [-0.3, -0.25) is 4.79 Å². The fourth-order valence-electron chi connectivity index (χ4n) is 1.07. The van der Waals surface area contributed by atoms with Gasteiger partial charge in [-0.1, -0.05) is 11.8 Å². The smallest absolute Gasteiger partial charge is 0.322 e. The van der Waals surface area contributed by atoms with Gasteiger partial charge in [-0.15, -0.1) is 0 Å². The number of nitrogens with one attached hydrogen (secondary N) is 1. The number of esters is 1. The SMILES string of the molecule is CNC(CCSc1ncco1)C(=O)OC. The predicted molar refractivity (Wildman–Crippen MR) is 56.7 cm³/mol. The summed E-state index contributed by atoms with van der Waals surface area (Å²) in [4.78, 5) is 15.2. The van der Waals surface area contributed by atoms with Crippen molar-refractivity contribution < 1.29 is 13.9 Å². The summed E-state index contributed by atoms with van der Waals surface area (Å²) in [6.07, 6.45) is 3.80. The molecule has 84 valence electrons. The van der Waals surface area contributed by atoms with E-state index >= 15 is 0 Å². The van der Waals surface area contributed by atoms with Crippen LogP contribution in [0.4, 0.5) is 0 Å². The van der Waals surface area contributed by atoms with E-state index in [4.69, 9.17) is 4.42 Å². The van der Waals surface area contributed by atoms with Crippen LogP contribution in [0.5, 0.6) is 0 Å². The number of nitrogens with zero attached hydrogens (tertiary/aromatic N) is 1. The lowest BCUT2D eigenvalue weighted by Gasteiger charge is -2.12. The summed E-state index contributed by atoms with van der Waals surface area (Å²) in [5, 5.41) is 3.51. The molecule has 0 saturated heterocycles. The maximum atomic E-state index is 11.2. The van der Waals surface area contributed by atoms with Crippen molar-refractivity contribution in [2.45, 2.75) is 17.7 Å². The third kappa shape index (κ3) is 3.93. The molecule has 1 heterocycles. The molecule has 15 heavy (non-hydrogen) atoms. The van der Waals surface area contributed by atoms with Crippen LogP contribution in [0.25, 0.3) is 0 Å². The molecule has 0 aliphatic heterocycles. The number of hydrogen-bond acceptors (Lipinski definition) is 6. The predicted octanol–water partition coefficient (Wildman–Crippen LogP) is 0.918. The third-order valence-corrected chi connectivity index (χ3v) is 2.76. The molecule has 1 unspecified atom stereocenters. The van der Waals surface area contributed by atoms with Crippen molar-refractivity contribution in [1.29, 1.82) is 0 Å². The van der Waals surface area contributed by atoms with Crippen molar-refractivity contribution >= 4 is 17.7 Å². The second kappa shape index (κ2) is 6.47. The van der Waals surface area contributed by atoms with Gasteiger partial charge in [0.2, 0.25) is 0 Å². The van der Waals surface area contributed by atoms with Crippen LogP contribution in [0.2, 0.25) is 0 Å². The van der Waals surface area contributed by atoms with E-state index in [1.807, 2.05) is 0 Å². The Morgan fingerprint density at radius 1 is 1.80 bits per heavy atom. The summed E-state index contributed by atoms with van der Waals surface area (Å²) < 4.78 is 9.69. The number of rotatable bonds is 6. The fraction of sp³-hybridized carbons (Fsp3) is 0.556. The monoisotopic (exact) mass is 230 g/mol. The Hall–Kier alpha value is -1.01. The van der Waals surface area contributed by atoms with Gasteiger partial charge in [-0.25, -0.2) is 4.98 Å². The molecule has 0 bridgehead atoms. The van der Waals surface area contributed by atoms with Crippen molar-refractivity contribution in [3.05, 3.63) is 12.5 Å². The summed E-state index contributed by atoms with van der Waals surface area (Å²) >= 11 is 1.47. The van der Waals surface area contributed by atoms with Gasteiger partial charge in [-0.2, -0.15) is 0 Å². The van der Waals surface area contributed by atoms with Gasteiger partial charge in [0, 0.05) is 5.75 Å². The standard InChI is InChI=1S/C9H14N2O3S/c1-10-7(8(12)13-2)3-6-15-9-11-4-5-14-9/h4-5,7,10H,3,6H2,1-2H3. The molecule has 6 heteroatoms. The highest BCUT2D eigenvalue weighted by atomic mass is 32.2. The number of methoxy groups -OCH3 is 1. The minimum atomic E-state index is -0.266. The van der Waals surface area contributed by atoms with Crippen LogP contribution in [0.1, 0.15) is 6.42 Å². The molecule has 0 spiro atoms. The minimum absolute atomic E-state index is 0.245. The van der Waals surface area contributed by atoms with E-state index in [0.29, 0.717) is 11.6 Å². The van der Waals surface area contributed by atoms with Crippen molar-refractivity contribution in [2.75, 3.05) is 19.9 Å². The van der Waals surface area contributed by atoms with Crippen molar-refractivity contribution in [3.8, 4) is 0 Å². The van der Waals surface area contributed by atoms with Crippen molar-refractivity contribution in [2.24, 2.45) is 0 Å². The number of carbonyl (C=O) groups excluding carboxylic acids is 1. The van der Waals surface area contributed by atoms with E-state index in [9.17, 15) is 4.79 Å². The number of carbonyl (C=O) groups is 1. The first-order valence-corrected chi connectivity index (χ1v) is 5.54. The van der Waals surface area contributed by atoms with E-state index in [-0.39, 0.29) is 12.0 Å². The first-order chi connectivity index (χ1) is 7.27. The second-order valence-corrected chi connectivity index (χ2v) is 3.85. The Labute approximate surface area is 92.6 Å². The summed E-state index contributed by atoms with van der Waals surface area (Å²) in [5.74, 6) is 0.506. The zero-order valence-electron chi connectivity index (χ0n) is 8.73. The zero-order chi connectivity index (χ0) is 11.1. The van der Waals surface area contributed by atoms with Crippen LogP contribution >= 0.6 is 11.8 Å². The molecule has 0 aliphatic carbocycles. The largest absolute Gasteiger partial charge is 0.468 e. The van der Waals surface area contributed by atoms with E-state index in [1.165, 1.54) is 25.1 Å². The Balaban J connectivity index is 2.26. The highest BCUT2D eigenvalue weighted by Crippen LogP contribution is 2.16. The topological polar surface area (TPSA) is 64.4 Å². The molecule has 0 aliphatic rings. The molecule has 0 saturated carbocycles. The van der Waals surface area contributed by atoms with Crippen molar-refractivity contribution in [1.82, 2.24) is 10.3 Å². The number of hydrogen-bond donors (Lipinski definition) is 1. The Bertz CT molecular complexity index is 290. The Morgan fingerprint density at radius 3 is 3.13 bits per heavy atom. The number of oxazole rings is 1. The van der Waals surface area contributed by atoms with Crippen LogP contribution in [-0.4, -0.2) is 36.9 Å².